The Labute approximate surface area is 81.1 Å². The molecule has 1 rings (SSSR count). The van der Waals surface area contributed by atoms with E-state index in [0.717, 1.165) is 11.2 Å². The molecule has 3 heteroatoms. The molecule has 0 bridgehead atoms. The van der Waals surface area contributed by atoms with E-state index < -0.39 is 0 Å². The summed E-state index contributed by atoms with van der Waals surface area (Å²) in [5.41, 5.74) is 1.37. The fourth-order valence-electron chi connectivity index (χ4n) is 1.05. The van der Waals surface area contributed by atoms with E-state index in [1.165, 1.54) is 25.3 Å². The van der Waals surface area contributed by atoms with Crippen molar-refractivity contribution in [2.75, 3.05) is 11.9 Å². The summed E-state index contributed by atoms with van der Waals surface area (Å²) in [4.78, 5) is 10.4. The molecule has 0 aliphatic heterocycles. The van der Waals surface area contributed by atoms with Crippen molar-refractivity contribution in [3.8, 4) is 0 Å². The molecule has 68 valence electrons. The molecule has 1 aliphatic rings. The van der Waals surface area contributed by atoms with Gasteiger partial charge in [-0.2, -0.15) is 0 Å². The standard InChI is InChI=1S/C9H13BrO2/c1-7(11)12-5-4-9(6-10)8-2-3-8/h4,8H,2-3,5-6H2,1H3/b9-4-. The van der Waals surface area contributed by atoms with Gasteiger partial charge >= 0.3 is 5.97 Å². The Hall–Kier alpha value is -0.310. The fourth-order valence-corrected chi connectivity index (χ4v) is 1.74. The Kier molecular flexibility index (Phi) is 3.79. The van der Waals surface area contributed by atoms with Gasteiger partial charge in [0.25, 0.3) is 0 Å². The van der Waals surface area contributed by atoms with Gasteiger partial charge in [-0.3, -0.25) is 4.79 Å². The Morgan fingerprint density at radius 3 is 2.75 bits per heavy atom. The predicted molar refractivity (Wildman–Crippen MR) is 51.2 cm³/mol. The Balaban J connectivity index is 2.26. The summed E-state index contributed by atoms with van der Waals surface area (Å²) in [6.07, 6.45) is 4.59. The van der Waals surface area contributed by atoms with Crippen molar-refractivity contribution < 1.29 is 9.53 Å². The van der Waals surface area contributed by atoms with Crippen molar-refractivity contribution >= 4 is 21.9 Å². The average Bonchev–Trinajstić information content (AvgIpc) is 2.80. The molecule has 0 heterocycles. The number of carbonyl (C=O) groups excluding carboxylic acids is 1. The summed E-state index contributed by atoms with van der Waals surface area (Å²) in [7, 11) is 0. The van der Waals surface area contributed by atoms with Crippen LogP contribution in [-0.4, -0.2) is 17.9 Å². The van der Waals surface area contributed by atoms with E-state index in [-0.39, 0.29) is 5.97 Å². The maximum atomic E-state index is 10.4. The van der Waals surface area contributed by atoms with E-state index in [0.29, 0.717) is 6.61 Å². The summed E-state index contributed by atoms with van der Waals surface area (Å²) in [6.45, 7) is 1.85. The zero-order chi connectivity index (χ0) is 8.97. The Morgan fingerprint density at radius 2 is 2.33 bits per heavy atom. The number of allylic oxidation sites excluding steroid dienone is 1. The van der Waals surface area contributed by atoms with Crippen molar-refractivity contribution in [3.05, 3.63) is 11.6 Å². The number of hydrogen-bond donors (Lipinski definition) is 0. The van der Waals surface area contributed by atoms with Crippen molar-refractivity contribution in [3.63, 3.8) is 0 Å². The molecule has 2 nitrogen and oxygen atoms in total. The van der Waals surface area contributed by atoms with Crippen LogP contribution in [0.2, 0.25) is 0 Å². The van der Waals surface area contributed by atoms with E-state index in [9.17, 15) is 4.79 Å². The molecule has 1 fully saturated rings. The molecular weight excluding hydrogens is 220 g/mol. The molecule has 0 atom stereocenters. The number of hydrogen-bond acceptors (Lipinski definition) is 2. The van der Waals surface area contributed by atoms with Crippen LogP contribution in [0.5, 0.6) is 0 Å². The molecule has 0 saturated heterocycles. The third-order valence-electron chi connectivity index (χ3n) is 1.89. The maximum Gasteiger partial charge on any atom is 0.302 e. The smallest absolute Gasteiger partial charge is 0.302 e. The number of rotatable bonds is 4. The fraction of sp³-hybridized carbons (Fsp3) is 0.667. The highest BCUT2D eigenvalue weighted by molar-refractivity contribution is 9.09. The molecule has 1 aliphatic carbocycles. The second-order valence-electron chi connectivity index (χ2n) is 2.99. The van der Waals surface area contributed by atoms with Gasteiger partial charge in [-0.15, -0.1) is 0 Å². The number of ether oxygens (including phenoxy) is 1. The minimum Gasteiger partial charge on any atom is -0.462 e. The summed E-state index contributed by atoms with van der Waals surface area (Å²) < 4.78 is 4.82. The minimum atomic E-state index is -0.212. The minimum absolute atomic E-state index is 0.212. The van der Waals surface area contributed by atoms with E-state index in [1.807, 2.05) is 6.08 Å². The SMILES string of the molecule is CC(=O)OC/C=C(/CBr)C1CC1. The second kappa shape index (κ2) is 4.65. The van der Waals surface area contributed by atoms with Crippen molar-refractivity contribution in [2.45, 2.75) is 19.8 Å². The zero-order valence-corrected chi connectivity index (χ0v) is 8.76. The van der Waals surface area contributed by atoms with Crippen LogP contribution in [0.4, 0.5) is 0 Å². The molecule has 0 N–H and O–H groups in total. The normalized spacial score (nSPS) is 17.7. The quantitative estimate of drug-likeness (QED) is 0.423. The van der Waals surface area contributed by atoms with Crippen LogP contribution in [0.25, 0.3) is 0 Å². The van der Waals surface area contributed by atoms with Gasteiger partial charge < -0.3 is 4.74 Å². The largest absolute Gasteiger partial charge is 0.462 e. The lowest BCUT2D eigenvalue weighted by Crippen LogP contribution is -1.99. The first-order valence-corrected chi connectivity index (χ1v) is 5.24. The van der Waals surface area contributed by atoms with Crippen molar-refractivity contribution in [1.29, 1.82) is 0 Å². The van der Waals surface area contributed by atoms with Crippen LogP contribution in [0.15, 0.2) is 11.6 Å². The van der Waals surface area contributed by atoms with E-state index >= 15 is 0 Å². The van der Waals surface area contributed by atoms with Gasteiger partial charge in [0.05, 0.1) is 0 Å². The molecule has 0 unspecified atom stereocenters. The van der Waals surface area contributed by atoms with Gasteiger partial charge in [0.1, 0.15) is 6.61 Å². The second-order valence-corrected chi connectivity index (χ2v) is 3.55. The number of alkyl halides is 1. The van der Waals surface area contributed by atoms with E-state index in [2.05, 4.69) is 15.9 Å². The van der Waals surface area contributed by atoms with Gasteiger partial charge in [0, 0.05) is 12.3 Å². The Bertz CT molecular complexity index is 195. The number of halogens is 1. The lowest BCUT2D eigenvalue weighted by Gasteiger charge is -2.01. The van der Waals surface area contributed by atoms with Gasteiger partial charge in [-0.25, -0.2) is 0 Å². The molecule has 0 aromatic carbocycles. The molecule has 0 aromatic heterocycles. The van der Waals surface area contributed by atoms with Crippen LogP contribution in [0, 0.1) is 5.92 Å². The van der Waals surface area contributed by atoms with Crippen LogP contribution in [0.1, 0.15) is 19.8 Å². The summed E-state index contributed by atoms with van der Waals surface area (Å²) >= 11 is 3.41. The van der Waals surface area contributed by atoms with Crippen LogP contribution in [0.3, 0.4) is 0 Å². The van der Waals surface area contributed by atoms with Crippen molar-refractivity contribution in [1.82, 2.24) is 0 Å². The highest BCUT2D eigenvalue weighted by Crippen LogP contribution is 2.36. The summed E-state index contributed by atoms with van der Waals surface area (Å²) in [5, 5.41) is 0.902. The molecule has 1 saturated carbocycles. The van der Waals surface area contributed by atoms with Crippen LogP contribution < -0.4 is 0 Å². The van der Waals surface area contributed by atoms with E-state index in [4.69, 9.17) is 4.74 Å². The highest BCUT2D eigenvalue weighted by atomic mass is 79.9. The first kappa shape index (κ1) is 9.78. The molecule has 0 spiro atoms. The van der Waals surface area contributed by atoms with Crippen molar-refractivity contribution in [2.24, 2.45) is 5.92 Å². The van der Waals surface area contributed by atoms with Crippen LogP contribution >= 0.6 is 15.9 Å². The van der Waals surface area contributed by atoms with E-state index in [1.54, 1.807) is 0 Å². The molecule has 0 amide bonds. The molecule has 0 aromatic rings. The maximum absolute atomic E-state index is 10.4. The van der Waals surface area contributed by atoms with Gasteiger partial charge in [0.2, 0.25) is 0 Å². The zero-order valence-electron chi connectivity index (χ0n) is 7.18. The monoisotopic (exact) mass is 232 g/mol. The molecular formula is C9H13BrO2. The number of esters is 1. The lowest BCUT2D eigenvalue weighted by atomic mass is 10.2. The highest BCUT2D eigenvalue weighted by Gasteiger charge is 2.24. The predicted octanol–water partition coefficient (Wildman–Crippen LogP) is 2.28. The first-order chi connectivity index (χ1) is 5.74. The first-order valence-electron chi connectivity index (χ1n) is 4.12. The summed E-state index contributed by atoms with van der Waals surface area (Å²) in [5.74, 6) is 0.538. The number of carbonyl (C=O) groups is 1. The molecule has 12 heavy (non-hydrogen) atoms. The van der Waals surface area contributed by atoms with Gasteiger partial charge in [-0.05, 0) is 24.8 Å². The Morgan fingerprint density at radius 1 is 1.67 bits per heavy atom. The lowest BCUT2D eigenvalue weighted by molar-refractivity contribution is -0.139. The average molecular weight is 233 g/mol. The van der Waals surface area contributed by atoms with Gasteiger partial charge in [0.15, 0.2) is 0 Å². The third kappa shape index (κ3) is 3.39. The van der Waals surface area contributed by atoms with Crippen LogP contribution in [-0.2, 0) is 9.53 Å². The van der Waals surface area contributed by atoms with Gasteiger partial charge in [-0.1, -0.05) is 21.5 Å². The summed E-state index contributed by atoms with van der Waals surface area (Å²) in [6, 6.07) is 0. The molecule has 0 radical (unpaired) electrons. The topological polar surface area (TPSA) is 26.3 Å². The third-order valence-corrected chi connectivity index (χ3v) is 2.54.